The average Bonchev–Trinajstić information content (AvgIpc) is 2.74. The molecule has 3 aromatic carbocycles. The molecule has 3 nitrogen and oxygen atoms in total. The molecule has 128 valence electrons. The summed E-state index contributed by atoms with van der Waals surface area (Å²) < 4.78 is 0. The highest BCUT2D eigenvalue weighted by molar-refractivity contribution is 5.72. The molecule has 0 spiro atoms. The van der Waals surface area contributed by atoms with Crippen molar-refractivity contribution in [3.8, 4) is 39.7 Å². The molecule has 0 atom stereocenters. The van der Waals surface area contributed by atoms with Gasteiger partial charge in [-0.3, -0.25) is 0 Å². The first-order valence-electron chi connectivity index (χ1n) is 8.75. The molecule has 4 aromatic rings. The Morgan fingerprint density at radius 3 is 1.89 bits per heavy atom. The zero-order valence-corrected chi connectivity index (χ0v) is 14.9. The summed E-state index contributed by atoms with van der Waals surface area (Å²) in [6.45, 7) is 1.91. The Balaban J connectivity index is 1.70. The molecule has 1 heterocycles. The Morgan fingerprint density at radius 2 is 1.22 bits per heavy atom. The second kappa shape index (κ2) is 7.23. The number of nitrogens with zero attached hydrogens (tertiary/aromatic N) is 3. The second-order valence-corrected chi connectivity index (χ2v) is 6.32. The van der Waals surface area contributed by atoms with Gasteiger partial charge in [0.05, 0.1) is 23.0 Å². The van der Waals surface area contributed by atoms with E-state index in [4.69, 9.17) is 5.26 Å². The van der Waals surface area contributed by atoms with E-state index in [1.165, 1.54) is 0 Å². The maximum absolute atomic E-state index is 9.08. The Kier molecular flexibility index (Phi) is 4.47. The van der Waals surface area contributed by atoms with Gasteiger partial charge in [-0.05, 0) is 36.2 Å². The van der Waals surface area contributed by atoms with Crippen molar-refractivity contribution in [2.45, 2.75) is 6.92 Å². The molecular weight excluding hydrogens is 330 g/mol. The zero-order valence-electron chi connectivity index (χ0n) is 14.9. The van der Waals surface area contributed by atoms with Crippen LogP contribution in [0.1, 0.15) is 11.4 Å². The molecule has 0 saturated heterocycles. The third-order valence-corrected chi connectivity index (χ3v) is 4.41. The number of benzene rings is 3. The van der Waals surface area contributed by atoms with E-state index in [-0.39, 0.29) is 0 Å². The summed E-state index contributed by atoms with van der Waals surface area (Å²) >= 11 is 0. The Hall–Kier alpha value is -3.77. The van der Waals surface area contributed by atoms with Gasteiger partial charge in [0.1, 0.15) is 5.82 Å². The van der Waals surface area contributed by atoms with Crippen molar-refractivity contribution in [3.05, 3.63) is 96.3 Å². The van der Waals surface area contributed by atoms with E-state index in [9.17, 15) is 0 Å². The molecule has 0 unspecified atom stereocenters. The molecule has 4 rings (SSSR count). The van der Waals surface area contributed by atoms with E-state index < -0.39 is 0 Å². The number of aryl methyl sites for hydroxylation is 1. The SMILES string of the molecule is Cc1nc(-c2ccccc2)cc(-c2ccc(-c3cccc(C#N)c3)cc2)n1. The molecule has 0 saturated carbocycles. The molecule has 3 heteroatoms. The van der Waals surface area contributed by atoms with Gasteiger partial charge >= 0.3 is 0 Å². The highest BCUT2D eigenvalue weighted by Gasteiger charge is 2.07. The summed E-state index contributed by atoms with van der Waals surface area (Å²) in [6, 6.07) is 30.2. The van der Waals surface area contributed by atoms with Crippen molar-refractivity contribution in [1.29, 1.82) is 5.26 Å². The van der Waals surface area contributed by atoms with Crippen LogP contribution in [0.25, 0.3) is 33.6 Å². The van der Waals surface area contributed by atoms with Gasteiger partial charge < -0.3 is 0 Å². The summed E-state index contributed by atoms with van der Waals surface area (Å²) in [5.74, 6) is 0.747. The van der Waals surface area contributed by atoms with E-state index in [1.807, 2.05) is 55.5 Å². The predicted octanol–water partition coefficient (Wildman–Crippen LogP) is 5.66. The van der Waals surface area contributed by atoms with Gasteiger partial charge in [-0.1, -0.05) is 66.7 Å². The third-order valence-electron chi connectivity index (χ3n) is 4.41. The highest BCUT2D eigenvalue weighted by atomic mass is 14.9. The van der Waals surface area contributed by atoms with E-state index in [0.717, 1.165) is 39.5 Å². The second-order valence-electron chi connectivity index (χ2n) is 6.32. The van der Waals surface area contributed by atoms with Crippen LogP contribution in [0.3, 0.4) is 0 Å². The number of nitriles is 1. The number of aromatic nitrogens is 2. The Bertz CT molecular complexity index is 1120. The molecule has 0 bridgehead atoms. The lowest BCUT2D eigenvalue weighted by atomic mass is 10.0. The van der Waals surface area contributed by atoms with Crippen LogP contribution in [0.2, 0.25) is 0 Å². The van der Waals surface area contributed by atoms with Crippen LogP contribution >= 0.6 is 0 Å². The minimum atomic E-state index is 0.663. The lowest BCUT2D eigenvalue weighted by Crippen LogP contribution is -1.94. The Morgan fingerprint density at radius 1 is 0.630 bits per heavy atom. The van der Waals surface area contributed by atoms with E-state index in [2.05, 4.69) is 52.4 Å². The molecule has 1 aromatic heterocycles. The van der Waals surface area contributed by atoms with Crippen molar-refractivity contribution < 1.29 is 0 Å². The van der Waals surface area contributed by atoms with E-state index >= 15 is 0 Å². The first-order valence-corrected chi connectivity index (χ1v) is 8.75. The highest BCUT2D eigenvalue weighted by Crippen LogP contribution is 2.27. The van der Waals surface area contributed by atoms with Gasteiger partial charge in [0.25, 0.3) is 0 Å². The molecule has 0 amide bonds. The lowest BCUT2D eigenvalue weighted by molar-refractivity contribution is 1.06. The maximum atomic E-state index is 9.08. The van der Waals surface area contributed by atoms with Gasteiger partial charge in [-0.15, -0.1) is 0 Å². The summed E-state index contributed by atoms with van der Waals surface area (Å²) in [4.78, 5) is 9.18. The standard InChI is InChI=1S/C24H17N3/c1-17-26-23(20-7-3-2-4-8-20)15-24(27-17)21-12-10-19(11-13-21)22-9-5-6-18(14-22)16-25/h2-15H,1H3. The first kappa shape index (κ1) is 16.7. The molecule has 0 radical (unpaired) electrons. The van der Waals surface area contributed by atoms with Crippen LogP contribution in [0.4, 0.5) is 0 Å². The fraction of sp³-hybridized carbons (Fsp3) is 0.0417. The maximum Gasteiger partial charge on any atom is 0.126 e. The van der Waals surface area contributed by atoms with Crippen LogP contribution in [0.5, 0.6) is 0 Å². The summed E-state index contributed by atoms with van der Waals surface area (Å²) in [6.07, 6.45) is 0. The van der Waals surface area contributed by atoms with Gasteiger partial charge in [0.15, 0.2) is 0 Å². The summed E-state index contributed by atoms with van der Waals surface area (Å²) in [7, 11) is 0. The molecule has 0 aliphatic carbocycles. The van der Waals surface area contributed by atoms with Crippen LogP contribution < -0.4 is 0 Å². The van der Waals surface area contributed by atoms with Gasteiger partial charge in [0.2, 0.25) is 0 Å². The van der Waals surface area contributed by atoms with Gasteiger partial charge in [-0.2, -0.15) is 5.26 Å². The summed E-state index contributed by atoms with van der Waals surface area (Å²) in [5, 5.41) is 9.08. The molecular formula is C24H17N3. The number of hydrogen-bond acceptors (Lipinski definition) is 3. The molecule has 27 heavy (non-hydrogen) atoms. The molecule has 0 aliphatic rings. The first-order chi connectivity index (χ1) is 13.2. The van der Waals surface area contributed by atoms with Crippen LogP contribution in [0, 0.1) is 18.3 Å². The fourth-order valence-corrected chi connectivity index (χ4v) is 3.07. The van der Waals surface area contributed by atoms with Crippen molar-refractivity contribution >= 4 is 0 Å². The van der Waals surface area contributed by atoms with Crippen molar-refractivity contribution in [1.82, 2.24) is 9.97 Å². The zero-order chi connectivity index (χ0) is 18.6. The largest absolute Gasteiger partial charge is 0.233 e. The third kappa shape index (κ3) is 3.61. The van der Waals surface area contributed by atoms with Crippen molar-refractivity contribution in [3.63, 3.8) is 0 Å². The summed E-state index contributed by atoms with van der Waals surface area (Å²) in [5.41, 5.74) is 6.71. The van der Waals surface area contributed by atoms with Gasteiger partial charge in [-0.25, -0.2) is 9.97 Å². The average molecular weight is 347 g/mol. The van der Waals surface area contributed by atoms with E-state index in [1.54, 1.807) is 0 Å². The number of hydrogen-bond donors (Lipinski definition) is 0. The van der Waals surface area contributed by atoms with Crippen LogP contribution in [-0.4, -0.2) is 9.97 Å². The smallest absolute Gasteiger partial charge is 0.126 e. The Labute approximate surface area is 158 Å². The van der Waals surface area contributed by atoms with Gasteiger partial charge in [0, 0.05) is 11.1 Å². The number of rotatable bonds is 3. The molecule has 0 aliphatic heterocycles. The van der Waals surface area contributed by atoms with Crippen molar-refractivity contribution in [2.75, 3.05) is 0 Å². The van der Waals surface area contributed by atoms with E-state index in [0.29, 0.717) is 5.56 Å². The minimum absolute atomic E-state index is 0.663. The topological polar surface area (TPSA) is 49.6 Å². The predicted molar refractivity (Wildman–Crippen MR) is 108 cm³/mol. The fourth-order valence-electron chi connectivity index (χ4n) is 3.07. The lowest BCUT2D eigenvalue weighted by Gasteiger charge is -2.08. The molecule has 0 N–H and O–H groups in total. The van der Waals surface area contributed by atoms with Crippen LogP contribution in [-0.2, 0) is 0 Å². The molecule has 0 fully saturated rings. The van der Waals surface area contributed by atoms with Crippen molar-refractivity contribution in [2.24, 2.45) is 0 Å². The normalized spacial score (nSPS) is 10.4. The quantitative estimate of drug-likeness (QED) is 0.480. The minimum Gasteiger partial charge on any atom is -0.233 e. The van der Waals surface area contributed by atoms with Crippen LogP contribution in [0.15, 0.2) is 84.9 Å². The monoisotopic (exact) mass is 347 g/mol.